The van der Waals surface area contributed by atoms with Crippen LogP contribution in [-0.2, 0) is 17.2 Å². The molecule has 0 bridgehead atoms. The first kappa shape index (κ1) is 19.9. The number of aliphatic hydroxyl groups excluding tert-OH is 1. The van der Waals surface area contributed by atoms with Gasteiger partial charge in [0.05, 0.1) is 28.6 Å². The van der Waals surface area contributed by atoms with E-state index in [9.17, 15) is 9.32 Å². The van der Waals surface area contributed by atoms with Gasteiger partial charge < -0.3 is 15.3 Å². The molecule has 0 spiro atoms. The lowest BCUT2D eigenvalue weighted by Gasteiger charge is -2.42. The van der Waals surface area contributed by atoms with Crippen molar-refractivity contribution in [1.82, 2.24) is 9.97 Å². The van der Waals surface area contributed by atoms with Crippen LogP contribution in [0.15, 0.2) is 29.2 Å². The summed E-state index contributed by atoms with van der Waals surface area (Å²) in [5.74, 6) is 3.94. The van der Waals surface area contributed by atoms with E-state index in [0.717, 1.165) is 66.8 Å². The van der Waals surface area contributed by atoms with Crippen LogP contribution in [0.5, 0.6) is 0 Å². The normalized spacial score (nSPS) is 30.3. The first-order chi connectivity index (χ1) is 15.1. The Kier molecular flexibility index (Phi) is 4.78. The molecule has 3 fully saturated rings. The molecule has 3 unspecified atom stereocenters. The molecule has 6 nitrogen and oxygen atoms in total. The van der Waals surface area contributed by atoms with Crippen LogP contribution in [0.1, 0.15) is 42.9 Å². The van der Waals surface area contributed by atoms with Gasteiger partial charge in [-0.25, -0.2) is 4.98 Å². The summed E-state index contributed by atoms with van der Waals surface area (Å²) in [7, 11) is -1.08. The molecule has 1 aromatic heterocycles. The number of rotatable bonds is 5. The monoisotopic (exact) mass is 458 g/mol. The molecule has 2 N–H and O–H groups in total. The Morgan fingerprint density at radius 2 is 1.90 bits per heavy atom. The lowest BCUT2D eigenvalue weighted by Crippen LogP contribution is -2.49. The molecule has 0 radical (unpaired) electrons. The molecule has 3 heterocycles. The number of aromatic nitrogens is 2. The van der Waals surface area contributed by atoms with Crippen molar-refractivity contribution in [2.45, 2.75) is 48.5 Å². The highest BCUT2D eigenvalue weighted by Gasteiger charge is 2.56. The smallest absolute Gasteiger partial charge is 0.227 e. The molecule has 6 rings (SSSR count). The minimum Gasteiger partial charge on any atom is -0.394 e. The van der Waals surface area contributed by atoms with E-state index in [1.165, 1.54) is 5.56 Å². The molecule has 2 aromatic rings. The van der Waals surface area contributed by atoms with Crippen LogP contribution in [0.3, 0.4) is 0 Å². The Bertz CT molecular complexity index is 1030. The minimum absolute atomic E-state index is 0.0738. The van der Waals surface area contributed by atoms with Crippen LogP contribution in [0, 0.1) is 11.8 Å². The second-order valence-corrected chi connectivity index (χ2v) is 11.5. The van der Waals surface area contributed by atoms with Gasteiger partial charge in [0.15, 0.2) is 0 Å². The van der Waals surface area contributed by atoms with Crippen molar-refractivity contribution in [2.24, 2.45) is 11.8 Å². The Morgan fingerprint density at radius 3 is 2.55 bits per heavy atom. The third-order valence-electron chi connectivity index (χ3n) is 7.62. The van der Waals surface area contributed by atoms with Crippen molar-refractivity contribution in [3.05, 3.63) is 40.5 Å². The van der Waals surface area contributed by atoms with Crippen molar-refractivity contribution < 1.29 is 9.32 Å². The van der Waals surface area contributed by atoms with Crippen molar-refractivity contribution in [3.63, 3.8) is 0 Å². The predicted molar refractivity (Wildman–Crippen MR) is 122 cm³/mol. The molecule has 164 valence electrons. The van der Waals surface area contributed by atoms with Gasteiger partial charge in [0.2, 0.25) is 5.95 Å². The van der Waals surface area contributed by atoms with E-state index in [0.29, 0.717) is 29.3 Å². The summed E-state index contributed by atoms with van der Waals surface area (Å²) in [6.07, 6.45) is 4.66. The van der Waals surface area contributed by atoms with Crippen molar-refractivity contribution >= 4 is 34.2 Å². The molecule has 1 saturated heterocycles. The van der Waals surface area contributed by atoms with Crippen molar-refractivity contribution in [2.75, 3.05) is 35.7 Å². The molecular formula is C23H27ClN4O2S. The fourth-order valence-electron chi connectivity index (χ4n) is 5.64. The summed E-state index contributed by atoms with van der Waals surface area (Å²) in [5.41, 5.74) is 1.96. The quantitative estimate of drug-likeness (QED) is 0.715. The molecule has 31 heavy (non-hydrogen) atoms. The van der Waals surface area contributed by atoms with Crippen LogP contribution < -0.4 is 10.2 Å². The van der Waals surface area contributed by atoms with Gasteiger partial charge in [-0.15, -0.1) is 0 Å². The van der Waals surface area contributed by atoms with E-state index in [4.69, 9.17) is 21.6 Å². The Labute approximate surface area is 189 Å². The third kappa shape index (κ3) is 3.36. The second-order valence-electron chi connectivity index (χ2n) is 9.53. The number of aryl methyl sites for hydroxylation is 1. The highest BCUT2D eigenvalue weighted by Crippen LogP contribution is 2.58. The number of piperidine rings is 1. The van der Waals surface area contributed by atoms with Crippen molar-refractivity contribution in [3.8, 4) is 0 Å². The molecule has 2 saturated carbocycles. The van der Waals surface area contributed by atoms with Crippen molar-refractivity contribution in [1.29, 1.82) is 0 Å². The summed E-state index contributed by atoms with van der Waals surface area (Å²) >= 11 is 6.05. The summed E-state index contributed by atoms with van der Waals surface area (Å²) in [4.78, 5) is 12.8. The lowest BCUT2D eigenvalue weighted by atomic mass is 9.77. The van der Waals surface area contributed by atoms with E-state index in [1.807, 2.05) is 12.1 Å². The summed E-state index contributed by atoms with van der Waals surface area (Å²) < 4.78 is 12.8. The molecule has 2 aliphatic carbocycles. The van der Waals surface area contributed by atoms with E-state index >= 15 is 0 Å². The number of aliphatic hydroxyl groups is 1. The third-order valence-corrected chi connectivity index (χ3v) is 9.42. The van der Waals surface area contributed by atoms with Gasteiger partial charge in [0.1, 0.15) is 10.7 Å². The van der Waals surface area contributed by atoms with E-state index in [1.54, 1.807) is 0 Å². The average Bonchev–Trinajstić information content (AvgIpc) is 3.23. The van der Waals surface area contributed by atoms with E-state index in [-0.39, 0.29) is 12.1 Å². The predicted octanol–water partition coefficient (Wildman–Crippen LogP) is 3.36. The zero-order valence-corrected chi connectivity index (χ0v) is 19.0. The average molecular weight is 459 g/mol. The molecule has 4 aliphatic rings. The number of nitrogens with one attached hydrogen (secondary N) is 1. The number of benzene rings is 1. The second kappa shape index (κ2) is 7.42. The van der Waals surface area contributed by atoms with Gasteiger partial charge in [0.25, 0.3) is 0 Å². The van der Waals surface area contributed by atoms with Crippen LogP contribution in [0.25, 0.3) is 0 Å². The number of hydrogen-bond donors (Lipinski definition) is 2. The SMILES string of the molecule is O=S1CCCc2nc(N3CC4C(C3)C4c3ccc(Cl)cc3)nc(NC3(CO)CCC3)c21. The molecule has 8 heteroatoms. The fraction of sp³-hybridized carbons (Fsp3) is 0.565. The first-order valence-electron chi connectivity index (χ1n) is 11.3. The minimum atomic E-state index is -1.08. The largest absolute Gasteiger partial charge is 0.394 e. The maximum atomic E-state index is 12.8. The zero-order valence-electron chi connectivity index (χ0n) is 17.4. The molecule has 3 atom stereocenters. The highest BCUT2D eigenvalue weighted by atomic mass is 35.5. The van der Waals surface area contributed by atoms with Crippen LogP contribution in [0.2, 0.25) is 5.02 Å². The summed E-state index contributed by atoms with van der Waals surface area (Å²) in [6, 6.07) is 8.25. The Balaban J connectivity index is 1.26. The van der Waals surface area contributed by atoms with Gasteiger partial charge in [-0.1, -0.05) is 23.7 Å². The number of anilines is 2. The van der Waals surface area contributed by atoms with E-state index < -0.39 is 10.8 Å². The maximum Gasteiger partial charge on any atom is 0.227 e. The van der Waals surface area contributed by atoms with Gasteiger partial charge in [-0.2, -0.15) is 4.98 Å². The number of halogens is 1. The summed E-state index contributed by atoms with van der Waals surface area (Å²) in [6.45, 7) is 1.97. The fourth-order valence-corrected chi connectivity index (χ4v) is 7.10. The Morgan fingerprint density at radius 1 is 1.16 bits per heavy atom. The highest BCUT2D eigenvalue weighted by molar-refractivity contribution is 7.85. The number of nitrogens with zero attached hydrogens (tertiary/aromatic N) is 3. The Hall–Kier alpha value is -1.70. The van der Waals surface area contributed by atoms with Gasteiger partial charge in [-0.05, 0) is 67.6 Å². The molecule has 1 aromatic carbocycles. The zero-order chi connectivity index (χ0) is 21.2. The lowest BCUT2D eigenvalue weighted by molar-refractivity contribution is 0.143. The van der Waals surface area contributed by atoms with Gasteiger partial charge >= 0.3 is 0 Å². The van der Waals surface area contributed by atoms with Crippen LogP contribution in [0.4, 0.5) is 11.8 Å². The summed E-state index contributed by atoms with van der Waals surface area (Å²) in [5, 5.41) is 14.2. The number of fused-ring (bicyclic) bond motifs is 2. The topological polar surface area (TPSA) is 78.4 Å². The van der Waals surface area contributed by atoms with E-state index in [2.05, 4.69) is 22.3 Å². The number of hydrogen-bond acceptors (Lipinski definition) is 6. The molecular weight excluding hydrogens is 432 g/mol. The molecule has 0 amide bonds. The molecule has 2 aliphatic heterocycles. The maximum absolute atomic E-state index is 12.8. The first-order valence-corrected chi connectivity index (χ1v) is 13.0. The van der Waals surface area contributed by atoms with Gasteiger partial charge in [0, 0.05) is 23.9 Å². The standard InChI is InChI=1S/C23H27ClN4O2S/c24-15-6-4-14(5-7-15)19-16-11-28(12-17(16)19)22-25-18-3-1-10-31(30)20(18)21(26-22)27-23(13-29)8-2-9-23/h4-7,16-17,19,29H,1-3,8-13H2,(H,25,26,27). The van der Waals surface area contributed by atoms with Crippen LogP contribution in [-0.4, -0.2) is 50.3 Å². The van der Waals surface area contributed by atoms with Crippen LogP contribution >= 0.6 is 11.6 Å². The van der Waals surface area contributed by atoms with Gasteiger partial charge in [-0.3, -0.25) is 4.21 Å².